The number of hydrogen-bond acceptors (Lipinski definition) is 4. The number of rotatable bonds is 3. The van der Waals surface area contributed by atoms with Crippen molar-refractivity contribution >= 4 is 28.6 Å². The van der Waals surface area contributed by atoms with E-state index < -0.39 is 5.82 Å². The molecular formula is C21H14FNO2S. The van der Waals surface area contributed by atoms with Crippen molar-refractivity contribution in [3.8, 4) is 11.1 Å². The molecule has 3 aromatic rings. The average molecular weight is 363 g/mol. The van der Waals surface area contributed by atoms with E-state index in [1.807, 2.05) is 36.6 Å². The average Bonchev–Trinajstić information content (AvgIpc) is 3.08. The number of benzene rings is 2. The van der Waals surface area contributed by atoms with Crippen LogP contribution in [0.5, 0.6) is 0 Å². The van der Waals surface area contributed by atoms with Gasteiger partial charge < -0.3 is 0 Å². The minimum Gasteiger partial charge on any atom is -0.292 e. The lowest BCUT2D eigenvalue weighted by Gasteiger charge is -2.13. The maximum absolute atomic E-state index is 13.1. The van der Waals surface area contributed by atoms with Crippen molar-refractivity contribution in [2.75, 3.05) is 6.54 Å². The summed E-state index contributed by atoms with van der Waals surface area (Å²) in [5.74, 6) is -0.786. The quantitative estimate of drug-likeness (QED) is 0.632. The predicted octanol–water partition coefficient (Wildman–Crippen LogP) is 4.73. The first kappa shape index (κ1) is 16.5. The zero-order chi connectivity index (χ0) is 18.3. The summed E-state index contributed by atoms with van der Waals surface area (Å²) in [5, 5.41) is 1.90. The number of nitrogens with zero attached hydrogens (tertiary/aromatic N) is 1. The number of fused-ring (bicyclic) bond motifs is 1. The fourth-order valence-corrected chi connectivity index (χ4v) is 4.15. The molecule has 5 heteroatoms. The first-order valence-electron chi connectivity index (χ1n) is 8.11. The van der Waals surface area contributed by atoms with E-state index in [0.717, 1.165) is 16.7 Å². The molecule has 0 amide bonds. The molecule has 0 fully saturated rings. The fourth-order valence-electron chi connectivity index (χ4n) is 3.05. The fraction of sp³-hybridized carbons (Fsp3) is 0.0952. The molecule has 0 bridgehead atoms. The van der Waals surface area contributed by atoms with Crippen molar-refractivity contribution in [2.45, 2.75) is 6.92 Å². The molecule has 0 saturated heterocycles. The number of ketones is 2. The van der Waals surface area contributed by atoms with Gasteiger partial charge in [-0.05, 0) is 36.8 Å². The van der Waals surface area contributed by atoms with Gasteiger partial charge in [-0.15, -0.1) is 11.3 Å². The summed E-state index contributed by atoms with van der Waals surface area (Å²) in [6.45, 7) is 1.94. The number of carbonyl (C=O) groups is 2. The normalized spacial score (nSPS) is 13.3. The van der Waals surface area contributed by atoms with Crippen LogP contribution in [0, 0.1) is 12.7 Å². The van der Waals surface area contributed by atoms with Gasteiger partial charge in [0.2, 0.25) is 5.78 Å². The lowest BCUT2D eigenvalue weighted by Crippen LogP contribution is -2.24. The van der Waals surface area contributed by atoms with E-state index in [-0.39, 0.29) is 23.8 Å². The maximum atomic E-state index is 13.1. The Morgan fingerprint density at radius 1 is 1.15 bits per heavy atom. The number of halogens is 1. The molecule has 1 aliphatic heterocycles. The van der Waals surface area contributed by atoms with Crippen molar-refractivity contribution in [1.29, 1.82) is 0 Å². The molecule has 26 heavy (non-hydrogen) atoms. The Morgan fingerprint density at radius 3 is 2.65 bits per heavy atom. The molecule has 0 unspecified atom stereocenters. The summed E-state index contributed by atoms with van der Waals surface area (Å²) < 4.78 is 13.1. The second-order valence-electron chi connectivity index (χ2n) is 6.15. The van der Waals surface area contributed by atoms with Crippen LogP contribution in [-0.2, 0) is 0 Å². The molecule has 0 N–H and O–H groups in total. The van der Waals surface area contributed by atoms with Crippen molar-refractivity contribution in [2.24, 2.45) is 4.99 Å². The molecule has 4 rings (SSSR count). The molecule has 1 aliphatic rings. The van der Waals surface area contributed by atoms with Gasteiger partial charge in [-0.1, -0.05) is 29.8 Å². The number of aryl methyl sites for hydroxylation is 1. The van der Waals surface area contributed by atoms with Gasteiger partial charge >= 0.3 is 0 Å². The van der Waals surface area contributed by atoms with E-state index >= 15 is 0 Å². The second-order valence-corrected chi connectivity index (χ2v) is 7.03. The Balaban J connectivity index is 1.80. The Labute approximate surface area is 153 Å². The standard InChI is InChI=1S/C21H14FNO2S/c1-12-3-2-4-14(9-12)16-11-26-21-18(16)17(24)10-23-19(21)20(25)13-5-7-15(22)8-6-13/h2-9,11H,10H2,1H3. The van der Waals surface area contributed by atoms with E-state index in [2.05, 4.69) is 4.99 Å². The smallest absolute Gasteiger partial charge is 0.212 e. The Bertz CT molecular complexity index is 1060. The molecule has 0 atom stereocenters. The van der Waals surface area contributed by atoms with Gasteiger partial charge in [-0.3, -0.25) is 14.6 Å². The van der Waals surface area contributed by atoms with Gasteiger partial charge in [0.15, 0.2) is 5.78 Å². The van der Waals surface area contributed by atoms with Crippen LogP contribution >= 0.6 is 11.3 Å². The van der Waals surface area contributed by atoms with E-state index in [1.54, 1.807) is 0 Å². The minimum absolute atomic E-state index is 0.0508. The minimum atomic E-state index is -0.402. The van der Waals surface area contributed by atoms with E-state index in [1.165, 1.54) is 35.6 Å². The van der Waals surface area contributed by atoms with Crippen LogP contribution in [-0.4, -0.2) is 23.8 Å². The second kappa shape index (κ2) is 6.42. The van der Waals surface area contributed by atoms with Crippen LogP contribution in [0.15, 0.2) is 58.9 Å². The number of Topliss-reactive ketones (excluding diaryl/α,β-unsaturated/α-hetero) is 2. The molecule has 1 aromatic heterocycles. The summed E-state index contributed by atoms with van der Waals surface area (Å²) in [5.41, 5.74) is 4.07. The van der Waals surface area contributed by atoms with Crippen LogP contribution in [0.2, 0.25) is 0 Å². The number of thiophene rings is 1. The number of carbonyl (C=O) groups excluding carboxylic acids is 2. The summed E-state index contributed by atoms with van der Waals surface area (Å²) in [7, 11) is 0. The Morgan fingerprint density at radius 2 is 1.92 bits per heavy atom. The summed E-state index contributed by atoms with van der Waals surface area (Å²) in [4.78, 5) is 30.1. The Kier molecular flexibility index (Phi) is 4.09. The Hall–Kier alpha value is -2.92. The molecule has 0 aliphatic carbocycles. The van der Waals surface area contributed by atoms with E-state index in [0.29, 0.717) is 16.0 Å². The number of aliphatic imine (C=N–C) groups is 1. The molecule has 2 aromatic carbocycles. The van der Waals surface area contributed by atoms with Crippen molar-refractivity contribution in [3.05, 3.63) is 81.3 Å². The summed E-state index contributed by atoms with van der Waals surface area (Å²) in [6, 6.07) is 13.3. The van der Waals surface area contributed by atoms with Crippen molar-refractivity contribution in [3.63, 3.8) is 0 Å². The molecule has 0 radical (unpaired) electrons. The zero-order valence-corrected chi connectivity index (χ0v) is 14.8. The van der Waals surface area contributed by atoms with Gasteiger partial charge in [0.1, 0.15) is 18.1 Å². The zero-order valence-electron chi connectivity index (χ0n) is 14.0. The van der Waals surface area contributed by atoms with E-state index in [4.69, 9.17) is 0 Å². The van der Waals surface area contributed by atoms with Gasteiger partial charge in [0.05, 0.1) is 4.88 Å². The maximum Gasteiger partial charge on any atom is 0.212 e. The molecule has 0 spiro atoms. The molecule has 2 heterocycles. The van der Waals surface area contributed by atoms with Crippen LogP contribution in [0.3, 0.4) is 0 Å². The monoisotopic (exact) mass is 363 g/mol. The number of hydrogen-bond donors (Lipinski definition) is 0. The molecule has 128 valence electrons. The lowest BCUT2D eigenvalue weighted by molar-refractivity contribution is 0.100. The topological polar surface area (TPSA) is 46.5 Å². The predicted molar refractivity (Wildman–Crippen MR) is 101 cm³/mol. The molecule has 3 nitrogen and oxygen atoms in total. The van der Waals surface area contributed by atoms with Gasteiger partial charge in [-0.2, -0.15) is 0 Å². The first-order chi connectivity index (χ1) is 12.5. The van der Waals surface area contributed by atoms with Crippen LogP contribution in [0.1, 0.15) is 31.2 Å². The SMILES string of the molecule is Cc1cccc(-c2csc3c2C(=O)CN=C3C(=O)c2ccc(F)cc2)c1. The third-order valence-electron chi connectivity index (χ3n) is 4.32. The van der Waals surface area contributed by atoms with Crippen LogP contribution < -0.4 is 0 Å². The highest BCUT2D eigenvalue weighted by Gasteiger charge is 2.30. The summed E-state index contributed by atoms with van der Waals surface area (Å²) in [6.07, 6.45) is 0. The third-order valence-corrected chi connectivity index (χ3v) is 5.30. The molecular weight excluding hydrogens is 349 g/mol. The highest BCUT2D eigenvalue weighted by atomic mass is 32.1. The highest BCUT2D eigenvalue weighted by Crippen LogP contribution is 2.35. The van der Waals surface area contributed by atoms with Gasteiger partial charge in [0, 0.05) is 22.1 Å². The third kappa shape index (κ3) is 2.80. The van der Waals surface area contributed by atoms with Gasteiger partial charge in [-0.25, -0.2) is 4.39 Å². The van der Waals surface area contributed by atoms with Crippen molar-refractivity contribution < 1.29 is 14.0 Å². The van der Waals surface area contributed by atoms with Gasteiger partial charge in [0.25, 0.3) is 0 Å². The van der Waals surface area contributed by atoms with Crippen LogP contribution in [0.4, 0.5) is 4.39 Å². The summed E-state index contributed by atoms with van der Waals surface area (Å²) >= 11 is 1.34. The highest BCUT2D eigenvalue weighted by molar-refractivity contribution is 7.14. The molecule has 0 saturated carbocycles. The van der Waals surface area contributed by atoms with Crippen molar-refractivity contribution in [1.82, 2.24) is 0 Å². The van der Waals surface area contributed by atoms with E-state index in [9.17, 15) is 14.0 Å². The van der Waals surface area contributed by atoms with Crippen LogP contribution in [0.25, 0.3) is 11.1 Å². The first-order valence-corrected chi connectivity index (χ1v) is 8.99. The largest absolute Gasteiger partial charge is 0.292 e. The lowest BCUT2D eigenvalue weighted by atomic mass is 9.93.